The summed E-state index contributed by atoms with van der Waals surface area (Å²) in [6.45, 7) is 0.313. The van der Waals surface area contributed by atoms with Crippen molar-refractivity contribution in [2.45, 2.75) is 0 Å². The minimum Gasteiger partial charge on any atom is -0.351 e. The Bertz CT molecular complexity index is 361. The van der Waals surface area contributed by atoms with Gasteiger partial charge in [0, 0.05) is 16.3 Å². The number of carbonyl (C=O) groups is 1. The first kappa shape index (κ1) is 12.6. The Morgan fingerprint density at radius 1 is 1.33 bits per heavy atom. The van der Waals surface area contributed by atoms with Crippen molar-refractivity contribution in [3.63, 3.8) is 0 Å². The molecule has 0 spiro atoms. The van der Waals surface area contributed by atoms with Crippen molar-refractivity contribution in [3.8, 4) is 0 Å². The molecule has 1 amide bonds. The topological polar surface area (TPSA) is 29.1 Å². The highest BCUT2D eigenvalue weighted by molar-refractivity contribution is 9.10. The molecule has 0 saturated heterocycles. The van der Waals surface area contributed by atoms with Gasteiger partial charge in [-0.25, -0.2) is 8.78 Å². The second-order valence-corrected chi connectivity index (χ2v) is 4.40. The van der Waals surface area contributed by atoms with Gasteiger partial charge in [-0.3, -0.25) is 4.79 Å². The minimum absolute atomic E-state index is 0.259. The van der Waals surface area contributed by atoms with Gasteiger partial charge in [0.25, 0.3) is 5.91 Å². The zero-order chi connectivity index (χ0) is 11.4. The van der Waals surface area contributed by atoms with Gasteiger partial charge in [-0.15, -0.1) is 0 Å². The van der Waals surface area contributed by atoms with Crippen LogP contribution in [0.3, 0.4) is 0 Å². The molecule has 0 aliphatic heterocycles. The van der Waals surface area contributed by atoms with Crippen LogP contribution in [-0.2, 0) is 0 Å². The van der Waals surface area contributed by atoms with Crippen LogP contribution in [0.5, 0.6) is 0 Å². The molecule has 1 aromatic carbocycles. The number of halogens is 4. The summed E-state index contributed by atoms with van der Waals surface area (Å²) in [6, 6.07) is 2.10. The number of alkyl halides is 1. The number of nitrogens with one attached hydrogen (secondary N) is 1. The molecule has 82 valence electrons. The normalized spacial score (nSPS) is 10.1. The lowest BCUT2D eigenvalue weighted by molar-refractivity contribution is 0.0948. The van der Waals surface area contributed by atoms with Crippen LogP contribution in [0.4, 0.5) is 8.78 Å². The molecule has 0 unspecified atom stereocenters. The summed E-state index contributed by atoms with van der Waals surface area (Å²) >= 11 is 6.02. The quantitative estimate of drug-likeness (QED) is 0.841. The van der Waals surface area contributed by atoms with Gasteiger partial charge in [0.1, 0.15) is 17.2 Å². The van der Waals surface area contributed by atoms with Crippen molar-refractivity contribution in [1.29, 1.82) is 0 Å². The summed E-state index contributed by atoms with van der Waals surface area (Å²) in [7, 11) is 0. The second-order valence-electron chi connectivity index (χ2n) is 2.69. The Kier molecular flexibility index (Phi) is 4.66. The van der Waals surface area contributed by atoms with Gasteiger partial charge in [0.2, 0.25) is 0 Å². The van der Waals surface area contributed by atoms with Crippen LogP contribution >= 0.6 is 31.9 Å². The number of amides is 1. The van der Waals surface area contributed by atoms with Gasteiger partial charge < -0.3 is 5.32 Å². The summed E-state index contributed by atoms with van der Waals surface area (Å²) in [6.07, 6.45) is 0. The zero-order valence-electron chi connectivity index (χ0n) is 7.49. The fraction of sp³-hybridized carbons (Fsp3) is 0.222. The average molecular weight is 343 g/mol. The first-order valence-corrected chi connectivity index (χ1v) is 5.96. The van der Waals surface area contributed by atoms with Crippen LogP contribution in [0.15, 0.2) is 16.6 Å². The van der Waals surface area contributed by atoms with Crippen LogP contribution in [0, 0.1) is 11.6 Å². The monoisotopic (exact) mass is 341 g/mol. The van der Waals surface area contributed by atoms with E-state index in [4.69, 9.17) is 0 Å². The summed E-state index contributed by atoms with van der Waals surface area (Å²) in [5.74, 6) is -2.51. The van der Waals surface area contributed by atoms with Crippen LogP contribution in [-0.4, -0.2) is 17.8 Å². The molecule has 0 aromatic heterocycles. The Hall–Kier alpha value is -0.490. The fourth-order valence-electron chi connectivity index (χ4n) is 1.01. The minimum atomic E-state index is -0.881. The fourth-order valence-corrected chi connectivity index (χ4v) is 1.61. The van der Waals surface area contributed by atoms with Crippen molar-refractivity contribution in [2.75, 3.05) is 11.9 Å². The maximum absolute atomic E-state index is 13.2. The van der Waals surface area contributed by atoms with Crippen LogP contribution in [0.25, 0.3) is 0 Å². The Labute approximate surface area is 102 Å². The summed E-state index contributed by atoms with van der Waals surface area (Å²) < 4.78 is 26.8. The van der Waals surface area contributed by atoms with Gasteiger partial charge in [-0.1, -0.05) is 31.9 Å². The molecule has 2 nitrogen and oxygen atoms in total. The molecule has 0 aliphatic carbocycles. The molecule has 0 fully saturated rings. The lowest BCUT2D eigenvalue weighted by Crippen LogP contribution is -2.27. The first-order chi connectivity index (χ1) is 7.06. The molecule has 1 rings (SSSR count). The SMILES string of the molecule is O=C(NCCBr)c1c(F)cc(Br)cc1F. The third-order valence-electron chi connectivity index (χ3n) is 1.61. The van der Waals surface area contributed by atoms with E-state index >= 15 is 0 Å². The smallest absolute Gasteiger partial charge is 0.257 e. The van der Waals surface area contributed by atoms with Crippen molar-refractivity contribution in [2.24, 2.45) is 0 Å². The van der Waals surface area contributed by atoms with Crippen LogP contribution < -0.4 is 5.32 Å². The highest BCUT2D eigenvalue weighted by Crippen LogP contribution is 2.19. The van der Waals surface area contributed by atoms with Gasteiger partial charge in [0.05, 0.1) is 0 Å². The van der Waals surface area contributed by atoms with E-state index < -0.39 is 23.1 Å². The van der Waals surface area contributed by atoms with E-state index in [1.165, 1.54) is 0 Å². The molecule has 1 N–H and O–H groups in total. The third kappa shape index (κ3) is 3.24. The molecule has 15 heavy (non-hydrogen) atoms. The highest BCUT2D eigenvalue weighted by Gasteiger charge is 2.17. The van der Waals surface area contributed by atoms with E-state index in [2.05, 4.69) is 37.2 Å². The zero-order valence-corrected chi connectivity index (χ0v) is 10.7. The number of hydrogen-bond donors (Lipinski definition) is 1. The van der Waals surface area contributed by atoms with Gasteiger partial charge >= 0.3 is 0 Å². The lowest BCUT2D eigenvalue weighted by atomic mass is 10.2. The van der Waals surface area contributed by atoms with E-state index in [1.54, 1.807) is 0 Å². The Morgan fingerprint density at radius 2 is 1.87 bits per heavy atom. The van der Waals surface area contributed by atoms with Gasteiger partial charge in [-0.05, 0) is 12.1 Å². The second kappa shape index (κ2) is 5.55. The summed E-state index contributed by atoms with van der Waals surface area (Å²) in [5.41, 5.74) is -0.556. The maximum atomic E-state index is 13.2. The van der Waals surface area contributed by atoms with Crippen LogP contribution in [0.2, 0.25) is 0 Å². The van der Waals surface area contributed by atoms with Crippen molar-refractivity contribution >= 4 is 37.8 Å². The van der Waals surface area contributed by atoms with E-state index in [0.717, 1.165) is 12.1 Å². The molecule has 0 aliphatic rings. The predicted molar refractivity (Wildman–Crippen MR) is 60.2 cm³/mol. The van der Waals surface area contributed by atoms with Crippen LogP contribution in [0.1, 0.15) is 10.4 Å². The number of benzene rings is 1. The molecule has 0 saturated carbocycles. The Balaban J connectivity index is 2.98. The molecule has 0 bridgehead atoms. The molecular formula is C9H7Br2F2NO. The molecule has 6 heteroatoms. The number of hydrogen-bond acceptors (Lipinski definition) is 1. The highest BCUT2D eigenvalue weighted by atomic mass is 79.9. The van der Waals surface area contributed by atoms with E-state index in [-0.39, 0.29) is 4.47 Å². The molecule has 0 atom stereocenters. The van der Waals surface area contributed by atoms with Crippen molar-refractivity contribution < 1.29 is 13.6 Å². The third-order valence-corrected chi connectivity index (χ3v) is 2.47. The number of carbonyl (C=O) groups excluding carboxylic acids is 1. The Morgan fingerprint density at radius 3 is 2.33 bits per heavy atom. The molecular weight excluding hydrogens is 336 g/mol. The van der Waals surface area contributed by atoms with E-state index in [0.29, 0.717) is 11.9 Å². The van der Waals surface area contributed by atoms with Crippen molar-refractivity contribution in [1.82, 2.24) is 5.32 Å². The maximum Gasteiger partial charge on any atom is 0.257 e. The first-order valence-electron chi connectivity index (χ1n) is 4.05. The van der Waals surface area contributed by atoms with E-state index in [1.807, 2.05) is 0 Å². The molecule has 0 radical (unpaired) electrons. The van der Waals surface area contributed by atoms with Crippen molar-refractivity contribution in [3.05, 3.63) is 33.8 Å². The lowest BCUT2D eigenvalue weighted by Gasteiger charge is -2.05. The van der Waals surface area contributed by atoms with Gasteiger partial charge in [0.15, 0.2) is 0 Å². The summed E-state index contributed by atoms with van der Waals surface area (Å²) in [5, 5.41) is 2.89. The summed E-state index contributed by atoms with van der Waals surface area (Å²) in [4.78, 5) is 11.3. The largest absolute Gasteiger partial charge is 0.351 e. The van der Waals surface area contributed by atoms with Gasteiger partial charge in [-0.2, -0.15) is 0 Å². The molecule has 1 aromatic rings. The van der Waals surface area contributed by atoms with E-state index in [9.17, 15) is 13.6 Å². The predicted octanol–water partition coefficient (Wildman–Crippen LogP) is 2.85. The molecule has 0 heterocycles. The average Bonchev–Trinajstić information content (AvgIpc) is 2.12. The number of rotatable bonds is 3. The standard InChI is InChI=1S/C9H7Br2F2NO/c10-1-2-14-9(15)8-6(12)3-5(11)4-7(8)13/h3-4H,1-2H2,(H,14,15).